The lowest BCUT2D eigenvalue weighted by molar-refractivity contribution is 0.321. The highest BCUT2D eigenvalue weighted by atomic mass is 19.1. The standard InChI is InChI=1S/C11H14FNO/c1-11(2,3)9-5-4-6-10(12)8(9)7-13-14/h4-7,14H,1-3H3. The van der Waals surface area contributed by atoms with Gasteiger partial charge in [-0.3, -0.25) is 0 Å². The van der Waals surface area contributed by atoms with Crippen molar-refractivity contribution in [1.82, 2.24) is 0 Å². The lowest BCUT2D eigenvalue weighted by Gasteiger charge is -2.21. The summed E-state index contributed by atoms with van der Waals surface area (Å²) in [5, 5.41) is 11.3. The van der Waals surface area contributed by atoms with E-state index < -0.39 is 0 Å². The van der Waals surface area contributed by atoms with E-state index in [0.29, 0.717) is 5.56 Å². The number of benzene rings is 1. The Labute approximate surface area is 83.1 Å². The first-order valence-corrected chi connectivity index (χ1v) is 4.43. The smallest absolute Gasteiger partial charge is 0.132 e. The molecule has 1 N–H and O–H groups in total. The maximum Gasteiger partial charge on any atom is 0.132 e. The minimum Gasteiger partial charge on any atom is -0.411 e. The van der Waals surface area contributed by atoms with Gasteiger partial charge in [-0.15, -0.1) is 0 Å². The summed E-state index contributed by atoms with van der Waals surface area (Å²) in [5.41, 5.74) is 1.01. The summed E-state index contributed by atoms with van der Waals surface area (Å²) < 4.78 is 13.4. The molecule has 0 heterocycles. The second-order valence-corrected chi connectivity index (χ2v) is 4.20. The van der Waals surface area contributed by atoms with E-state index in [1.54, 1.807) is 6.07 Å². The zero-order chi connectivity index (χ0) is 10.8. The minimum atomic E-state index is -0.366. The Balaban J connectivity index is 3.36. The first kappa shape index (κ1) is 10.7. The lowest BCUT2D eigenvalue weighted by Crippen LogP contribution is -2.15. The normalized spacial score (nSPS) is 12.3. The molecule has 0 spiro atoms. The molecule has 0 amide bonds. The fourth-order valence-corrected chi connectivity index (χ4v) is 1.38. The topological polar surface area (TPSA) is 32.6 Å². The summed E-state index contributed by atoms with van der Waals surface area (Å²) in [4.78, 5) is 0. The average Bonchev–Trinajstić information content (AvgIpc) is 2.07. The Morgan fingerprint density at radius 3 is 2.50 bits per heavy atom. The molecule has 2 nitrogen and oxygen atoms in total. The van der Waals surface area contributed by atoms with Crippen molar-refractivity contribution in [2.75, 3.05) is 0 Å². The molecule has 0 aliphatic carbocycles. The zero-order valence-corrected chi connectivity index (χ0v) is 8.58. The van der Waals surface area contributed by atoms with Crippen molar-refractivity contribution >= 4 is 6.21 Å². The molecule has 0 saturated heterocycles. The van der Waals surface area contributed by atoms with Crippen LogP contribution in [0.2, 0.25) is 0 Å². The van der Waals surface area contributed by atoms with Crippen LogP contribution in [0.15, 0.2) is 23.4 Å². The first-order chi connectivity index (χ1) is 6.46. The van der Waals surface area contributed by atoms with Gasteiger partial charge in [0.25, 0.3) is 0 Å². The van der Waals surface area contributed by atoms with E-state index in [1.807, 2.05) is 26.8 Å². The fourth-order valence-electron chi connectivity index (χ4n) is 1.38. The summed E-state index contributed by atoms with van der Waals surface area (Å²) in [6, 6.07) is 4.84. The Morgan fingerprint density at radius 1 is 1.36 bits per heavy atom. The maximum atomic E-state index is 13.4. The molecule has 0 unspecified atom stereocenters. The van der Waals surface area contributed by atoms with E-state index in [4.69, 9.17) is 5.21 Å². The lowest BCUT2D eigenvalue weighted by atomic mass is 9.84. The van der Waals surface area contributed by atoms with Crippen LogP contribution in [0.3, 0.4) is 0 Å². The zero-order valence-electron chi connectivity index (χ0n) is 8.58. The molecule has 1 aromatic carbocycles. The van der Waals surface area contributed by atoms with E-state index in [1.165, 1.54) is 6.07 Å². The number of hydrogen-bond donors (Lipinski definition) is 1. The van der Waals surface area contributed by atoms with Crippen LogP contribution in [-0.4, -0.2) is 11.4 Å². The molecule has 0 aliphatic heterocycles. The van der Waals surface area contributed by atoms with Crippen LogP contribution in [-0.2, 0) is 5.41 Å². The number of hydrogen-bond acceptors (Lipinski definition) is 2. The molecule has 76 valence electrons. The van der Waals surface area contributed by atoms with Crippen molar-refractivity contribution in [3.05, 3.63) is 35.1 Å². The minimum absolute atomic E-state index is 0.168. The molecule has 14 heavy (non-hydrogen) atoms. The highest BCUT2D eigenvalue weighted by Crippen LogP contribution is 2.26. The average molecular weight is 195 g/mol. The van der Waals surface area contributed by atoms with Gasteiger partial charge in [0.1, 0.15) is 5.82 Å². The predicted octanol–water partition coefficient (Wildman–Crippen LogP) is 2.93. The van der Waals surface area contributed by atoms with E-state index in [2.05, 4.69) is 5.16 Å². The van der Waals surface area contributed by atoms with E-state index in [9.17, 15) is 4.39 Å². The Bertz CT molecular complexity index is 353. The highest BCUT2D eigenvalue weighted by Gasteiger charge is 2.19. The fraction of sp³-hybridized carbons (Fsp3) is 0.364. The van der Waals surface area contributed by atoms with Gasteiger partial charge in [0.2, 0.25) is 0 Å². The van der Waals surface area contributed by atoms with Crippen molar-refractivity contribution < 1.29 is 9.60 Å². The molecule has 0 saturated carbocycles. The Morgan fingerprint density at radius 2 is 2.00 bits per heavy atom. The van der Waals surface area contributed by atoms with Gasteiger partial charge >= 0.3 is 0 Å². The Hall–Kier alpha value is -1.38. The molecule has 3 heteroatoms. The van der Waals surface area contributed by atoms with Gasteiger partial charge in [-0.2, -0.15) is 0 Å². The van der Waals surface area contributed by atoms with Gasteiger partial charge in [-0.05, 0) is 17.0 Å². The van der Waals surface area contributed by atoms with Gasteiger partial charge in [0.05, 0.1) is 6.21 Å². The van der Waals surface area contributed by atoms with Crippen LogP contribution in [0, 0.1) is 5.82 Å². The van der Waals surface area contributed by atoms with E-state index in [-0.39, 0.29) is 11.2 Å². The van der Waals surface area contributed by atoms with E-state index >= 15 is 0 Å². The van der Waals surface area contributed by atoms with E-state index in [0.717, 1.165) is 11.8 Å². The van der Waals surface area contributed by atoms with Crippen molar-refractivity contribution in [2.24, 2.45) is 5.16 Å². The third kappa shape index (κ3) is 2.10. The molecule has 0 fully saturated rings. The third-order valence-electron chi connectivity index (χ3n) is 2.05. The molecule has 0 aromatic heterocycles. The molecule has 0 radical (unpaired) electrons. The van der Waals surface area contributed by atoms with Gasteiger partial charge < -0.3 is 5.21 Å². The molecular formula is C11H14FNO. The van der Waals surface area contributed by atoms with Crippen molar-refractivity contribution in [1.29, 1.82) is 0 Å². The summed E-state index contributed by atoms with van der Waals surface area (Å²) in [7, 11) is 0. The molecule has 0 bridgehead atoms. The van der Waals surface area contributed by atoms with Gasteiger partial charge in [-0.25, -0.2) is 4.39 Å². The summed E-state index contributed by atoms with van der Waals surface area (Å²) in [6.45, 7) is 5.95. The first-order valence-electron chi connectivity index (χ1n) is 4.43. The van der Waals surface area contributed by atoms with Crippen LogP contribution >= 0.6 is 0 Å². The second kappa shape index (κ2) is 3.78. The molecule has 1 rings (SSSR count). The maximum absolute atomic E-state index is 13.4. The Kier molecular flexibility index (Phi) is 2.89. The van der Waals surface area contributed by atoms with Crippen LogP contribution < -0.4 is 0 Å². The number of nitrogens with zero attached hydrogens (tertiary/aromatic N) is 1. The highest BCUT2D eigenvalue weighted by molar-refractivity contribution is 5.82. The van der Waals surface area contributed by atoms with Crippen molar-refractivity contribution in [3.8, 4) is 0 Å². The molecule has 0 atom stereocenters. The number of oxime groups is 1. The summed E-state index contributed by atoms with van der Waals surface area (Å²) in [6.07, 6.45) is 1.13. The van der Waals surface area contributed by atoms with Crippen LogP contribution in [0.5, 0.6) is 0 Å². The summed E-state index contributed by atoms with van der Waals surface area (Å²) >= 11 is 0. The van der Waals surface area contributed by atoms with Gasteiger partial charge in [0.15, 0.2) is 0 Å². The quantitative estimate of drug-likeness (QED) is 0.417. The molecule has 0 aliphatic rings. The van der Waals surface area contributed by atoms with Gasteiger partial charge in [0, 0.05) is 5.56 Å². The molecular weight excluding hydrogens is 181 g/mol. The van der Waals surface area contributed by atoms with Crippen molar-refractivity contribution in [3.63, 3.8) is 0 Å². The SMILES string of the molecule is CC(C)(C)c1cccc(F)c1C=NO. The number of rotatable bonds is 1. The predicted molar refractivity (Wildman–Crippen MR) is 54.5 cm³/mol. The van der Waals surface area contributed by atoms with Crippen LogP contribution in [0.4, 0.5) is 4.39 Å². The largest absolute Gasteiger partial charge is 0.411 e. The van der Waals surface area contributed by atoms with Crippen molar-refractivity contribution in [2.45, 2.75) is 26.2 Å². The third-order valence-corrected chi connectivity index (χ3v) is 2.05. The van der Waals surface area contributed by atoms with Crippen LogP contribution in [0.1, 0.15) is 31.9 Å². The monoisotopic (exact) mass is 195 g/mol. The van der Waals surface area contributed by atoms with Gasteiger partial charge in [-0.1, -0.05) is 38.1 Å². The van der Waals surface area contributed by atoms with Crippen LogP contribution in [0.25, 0.3) is 0 Å². The second-order valence-electron chi connectivity index (χ2n) is 4.20. The molecule has 1 aromatic rings. The summed E-state index contributed by atoms with van der Waals surface area (Å²) in [5.74, 6) is -0.366. The number of halogens is 1.